The molecule has 1 amide bonds. The summed E-state index contributed by atoms with van der Waals surface area (Å²) in [4.78, 5) is 16.5. The van der Waals surface area contributed by atoms with Gasteiger partial charge in [0, 0.05) is 43.8 Å². The maximum Gasteiger partial charge on any atom is 0.251 e. The van der Waals surface area contributed by atoms with Crippen LogP contribution in [0.2, 0.25) is 0 Å². The zero-order valence-electron chi connectivity index (χ0n) is 12.5. The maximum absolute atomic E-state index is 12.2. The summed E-state index contributed by atoms with van der Waals surface area (Å²) in [6, 6.07) is 5.49. The van der Waals surface area contributed by atoms with Crippen LogP contribution in [0.5, 0.6) is 0 Å². The van der Waals surface area contributed by atoms with Crippen molar-refractivity contribution in [1.82, 2.24) is 20.1 Å². The van der Waals surface area contributed by atoms with Crippen LogP contribution in [0.25, 0.3) is 0 Å². The van der Waals surface area contributed by atoms with E-state index in [1.807, 2.05) is 29.9 Å². The molecule has 0 radical (unpaired) electrons. The summed E-state index contributed by atoms with van der Waals surface area (Å²) in [6.07, 6.45) is 5.31. The van der Waals surface area contributed by atoms with Crippen molar-refractivity contribution in [2.24, 2.45) is 0 Å². The lowest BCUT2D eigenvalue weighted by Gasteiger charge is -2.09. The standard InChI is InChI=1S/C15H21N5O/c1-3-13-10-12(11-14(16-2)19-13)15(21)17-6-4-8-20-9-5-7-18-20/h5,7,9-11H,3-4,6,8H2,1-2H3,(H,16,19)(H,17,21). The van der Waals surface area contributed by atoms with Gasteiger partial charge in [-0.2, -0.15) is 5.10 Å². The first kappa shape index (κ1) is 15.0. The zero-order valence-corrected chi connectivity index (χ0v) is 12.5. The number of nitrogens with one attached hydrogen (secondary N) is 2. The van der Waals surface area contributed by atoms with Crippen molar-refractivity contribution in [1.29, 1.82) is 0 Å². The lowest BCUT2D eigenvalue weighted by molar-refractivity contribution is 0.0952. The number of aromatic nitrogens is 3. The summed E-state index contributed by atoms with van der Waals surface area (Å²) >= 11 is 0. The molecule has 0 spiro atoms. The van der Waals surface area contributed by atoms with Crippen molar-refractivity contribution in [3.05, 3.63) is 41.9 Å². The van der Waals surface area contributed by atoms with Gasteiger partial charge in [-0.25, -0.2) is 4.98 Å². The second kappa shape index (κ2) is 7.42. The molecule has 0 aromatic carbocycles. The van der Waals surface area contributed by atoms with Gasteiger partial charge in [-0.1, -0.05) is 6.92 Å². The van der Waals surface area contributed by atoms with Crippen LogP contribution >= 0.6 is 0 Å². The molecule has 2 N–H and O–H groups in total. The predicted octanol–water partition coefficient (Wildman–Crippen LogP) is 1.70. The number of aryl methyl sites for hydroxylation is 2. The Bertz CT molecular complexity index is 558. The molecule has 21 heavy (non-hydrogen) atoms. The van der Waals surface area contributed by atoms with Gasteiger partial charge in [0.1, 0.15) is 5.82 Å². The number of hydrogen-bond acceptors (Lipinski definition) is 4. The number of carbonyl (C=O) groups is 1. The summed E-state index contributed by atoms with van der Waals surface area (Å²) in [5.74, 6) is 0.653. The van der Waals surface area contributed by atoms with Crippen LogP contribution in [0, 0.1) is 0 Å². The Morgan fingerprint density at radius 3 is 2.90 bits per heavy atom. The minimum Gasteiger partial charge on any atom is -0.373 e. The Morgan fingerprint density at radius 2 is 2.24 bits per heavy atom. The quantitative estimate of drug-likeness (QED) is 0.760. The van der Waals surface area contributed by atoms with Crippen molar-refractivity contribution in [2.75, 3.05) is 18.9 Å². The summed E-state index contributed by atoms with van der Waals surface area (Å²) < 4.78 is 1.85. The molecular formula is C15H21N5O. The fourth-order valence-corrected chi connectivity index (χ4v) is 2.01. The van der Waals surface area contributed by atoms with Gasteiger partial charge in [-0.15, -0.1) is 0 Å². The normalized spacial score (nSPS) is 10.4. The number of rotatable bonds is 7. The molecule has 0 atom stereocenters. The molecule has 0 aliphatic carbocycles. The molecule has 2 heterocycles. The molecule has 0 bridgehead atoms. The fourth-order valence-electron chi connectivity index (χ4n) is 2.01. The molecule has 112 valence electrons. The van der Waals surface area contributed by atoms with E-state index in [2.05, 4.69) is 20.7 Å². The second-order valence-corrected chi connectivity index (χ2v) is 4.71. The largest absolute Gasteiger partial charge is 0.373 e. The SMILES string of the molecule is CCc1cc(C(=O)NCCCn2cccn2)cc(NC)n1. The molecule has 0 aliphatic heterocycles. The van der Waals surface area contributed by atoms with E-state index in [0.717, 1.165) is 30.9 Å². The van der Waals surface area contributed by atoms with Gasteiger partial charge in [0.15, 0.2) is 0 Å². The number of amides is 1. The number of hydrogen-bond donors (Lipinski definition) is 2. The van der Waals surface area contributed by atoms with Crippen molar-refractivity contribution in [2.45, 2.75) is 26.3 Å². The van der Waals surface area contributed by atoms with Crippen LogP contribution in [0.15, 0.2) is 30.6 Å². The van der Waals surface area contributed by atoms with Gasteiger partial charge in [-0.05, 0) is 31.0 Å². The minimum absolute atomic E-state index is 0.0657. The summed E-state index contributed by atoms with van der Waals surface area (Å²) in [5.41, 5.74) is 1.55. The first-order valence-corrected chi connectivity index (χ1v) is 7.17. The van der Waals surface area contributed by atoms with Gasteiger partial charge >= 0.3 is 0 Å². The maximum atomic E-state index is 12.2. The van der Waals surface area contributed by atoms with Crippen LogP contribution in [0.4, 0.5) is 5.82 Å². The molecule has 0 saturated carbocycles. The molecule has 6 heteroatoms. The van der Waals surface area contributed by atoms with Gasteiger partial charge in [0.2, 0.25) is 0 Å². The molecule has 0 unspecified atom stereocenters. The molecule has 2 rings (SSSR count). The third kappa shape index (κ3) is 4.30. The van der Waals surface area contributed by atoms with Gasteiger partial charge in [0.05, 0.1) is 0 Å². The Morgan fingerprint density at radius 1 is 1.38 bits per heavy atom. The smallest absolute Gasteiger partial charge is 0.251 e. The number of anilines is 1. The highest BCUT2D eigenvalue weighted by Gasteiger charge is 2.08. The highest BCUT2D eigenvalue weighted by Crippen LogP contribution is 2.10. The summed E-state index contributed by atoms with van der Waals surface area (Å²) in [5, 5.41) is 10.0. The highest BCUT2D eigenvalue weighted by molar-refractivity contribution is 5.94. The molecule has 0 fully saturated rings. The van der Waals surface area contributed by atoms with Crippen LogP contribution in [-0.2, 0) is 13.0 Å². The van der Waals surface area contributed by atoms with Crippen LogP contribution in [0.3, 0.4) is 0 Å². The third-order valence-corrected chi connectivity index (χ3v) is 3.17. The number of nitrogens with zero attached hydrogens (tertiary/aromatic N) is 3. The third-order valence-electron chi connectivity index (χ3n) is 3.17. The van der Waals surface area contributed by atoms with E-state index >= 15 is 0 Å². The van der Waals surface area contributed by atoms with E-state index in [1.165, 1.54) is 0 Å². The van der Waals surface area contributed by atoms with Crippen molar-refractivity contribution >= 4 is 11.7 Å². The first-order chi connectivity index (χ1) is 10.2. The summed E-state index contributed by atoms with van der Waals surface area (Å²) in [7, 11) is 1.80. The van der Waals surface area contributed by atoms with Crippen LogP contribution < -0.4 is 10.6 Å². The van der Waals surface area contributed by atoms with E-state index in [0.29, 0.717) is 12.1 Å². The summed E-state index contributed by atoms with van der Waals surface area (Å²) in [6.45, 7) is 3.44. The predicted molar refractivity (Wildman–Crippen MR) is 82.3 cm³/mol. The molecule has 2 aromatic rings. The van der Waals surface area contributed by atoms with E-state index in [-0.39, 0.29) is 5.91 Å². The van der Waals surface area contributed by atoms with Crippen molar-refractivity contribution in [3.63, 3.8) is 0 Å². The van der Waals surface area contributed by atoms with Crippen LogP contribution in [-0.4, -0.2) is 34.3 Å². The molecule has 6 nitrogen and oxygen atoms in total. The molecular weight excluding hydrogens is 266 g/mol. The van der Waals surface area contributed by atoms with E-state index < -0.39 is 0 Å². The Balaban J connectivity index is 1.87. The Hall–Kier alpha value is -2.37. The lowest BCUT2D eigenvalue weighted by Crippen LogP contribution is -2.25. The Labute approximate surface area is 124 Å². The number of carbonyl (C=O) groups excluding carboxylic acids is 1. The molecule has 0 aliphatic rings. The average molecular weight is 287 g/mol. The van der Waals surface area contributed by atoms with E-state index in [1.54, 1.807) is 19.3 Å². The van der Waals surface area contributed by atoms with Gasteiger partial charge < -0.3 is 10.6 Å². The first-order valence-electron chi connectivity index (χ1n) is 7.17. The van der Waals surface area contributed by atoms with Gasteiger partial charge in [-0.3, -0.25) is 9.48 Å². The molecule has 0 saturated heterocycles. The van der Waals surface area contributed by atoms with E-state index in [9.17, 15) is 4.79 Å². The van der Waals surface area contributed by atoms with Crippen LogP contribution in [0.1, 0.15) is 29.4 Å². The number of pyridine rings is 1. The van der Waals surface area contributed by atoms with Crippen molar-refractivity contribution in [3.8, 4) is 0 Å². The molecule has 2 aromatic heterocycles. The Kier molecular flexibility index (Phi) is 5.31. The highest BCUT2D eigenvalue weighted by atomic mass is 16.1. The lowest BCUT2D eigenvalue weighted by atomic mass is 10.2. The topological polar surface area (TPSA) is 71.8 Å². The zero-order chi connectivity index (χ0) is 15.1. The monoisotopic (exact) mass is 287 g/mol. The average Bonchev–Trinajstić information content (AvgIpc) is 3.04. The van der Waals surface area contributed by atoms with E-state index in [4.69, 9.17) is 0 Å². The fraction of sp³-hybridized carbons (Fsp3) is 0.400. The van der Waals surface area contributed by atoms with Crippen molar-refractivity contribution < 1.29 is 4.79 Å². The van der Waals surface area contributed by atoms with Gasteiger partial charge in [0.25, 0.3) is 5.91 Å². The second-order valence-electron chi connectivity index (χ2n) is 4.71. The minimum atomic E-state index is -0.0657.